The highest BCUT2D eigenvalue weighted by Gasteiger charge is 2.20. The van der Waals surface area contributed by atoms with Crippen molar-refractivity contribution in [2.24, 2.45) is 0 Å². The maximum Gasteiger partial charge on any atom is 0.374 e. The molecule has 17 heavy (non-hydrogen) atoms. The molecule has 0 aliphatic carbocycles. The molecule has 0 radical (unpaired) electrons. The van der Waals surface area contributed by atoms with E-state index in [-0.39, 0.29) is 11.3 Å². The number of carbonyl (C=O) groups is 2. The fraction of sp³-hybridized carbons (Fsp3) is 0.273. The van der Waals surface area contributed by atoms with Crippen molar-refractivity contribution in [3.63, 3.8) is 0 Å². The van der Waals surface area contributed by atoms with Crippen LogP contribution in [0.2, 0.25) is 0 Å². The first kappa shape index (κ1) is 13.6. The smallest absolute Gasteiger partial charge is 0.374 e. The van der Waals surface area contributed by atoms with E-state index in [1.807, 2.05) is 0 Å². The van der Waals surface area contributed by atoms with Crippen molar-refractivity contribution in [1.29, 1.82) is 0 Å². The molecule has 0 unspecified atom stereocenters. The topological polar surface area (TPSA) is 52.6 Å². The molecule has 4 nitrogen and oxygen atoms in total. The van der Waals surface area contributed by atoms with E-state index in [0.29, 0.717) is 4.47 Å². The van der Waals surface area contributed by atoms with E-state index in [0.717, 1.165) is 7.11 Å². The standard InChI is InChI=1S/C11H10BrFO4/c1-16-10-4-6(12)3-8(13)7(10)5-9(14)11(15)17-2/h3-4H,5H2,1-2H3. The number of methoxy groups -OCH3 is 2. The molecule has 0 bridgehead atoms. The van der Waals surface area contributed by atoms with Crippen molar-refractivity contribution in [1.82, 2.24) is 0 Å². The number of hydrogen-bond donors (Lipinski definition) is 0. The fourth-order valence-corrected chi connectivity index (χ4v) is 1.69. The lowest BCUT2D eigenvalue weighted by Gasteiger charge is -2.09. The van der Waals surface area contributed by atoms with Gasteiger partial charge in [0, 0.05) is 16.5 Å². The molecule has 0 saturated heterocycles. The van der Waals surface area contributed by atoms with Gasteiger partial charge in [-0.2, -0.15) is 0 Å². The zero-order chi connectivity index (χ0) is 13.0. The van der Waals surface area contributed by atoms with Crippen molar-refractivity contribution in [2.75, 3.05) is 14.2 Å². The van der Waals surface area contributed by atoms with Crippen LogP contribution in [0.1, 0.15) is 5.56 Å². The molecule has 0 fully saturated rings. The van der Waals surface area contributed by atoms with E-state index in [1.54, 1.807) is 0 Å². The first-order valence-electron chi connectivity index (χ1n) is 4.62. The molecule has 0 heterocycles. The highest BCUT2D eigenvalue weighted by molar-refractivity contribution is 9.10. The number of hydrogen-bond acceptors (Lipinski definition) is 4. The SMILES string of the molecule is COC(=O)C(=O)Cc1c(F)cc(Br)cc1OC. The molecule has 6 heteroatoms. The number of Topliss-reactive ketones (excluding diaryl/α,β-unsaturated/α-hetero) is 1. The molecular weight excluding hydrogens is 295 g/mol. The van der Waals surface area contributed by atoms with Gasteiger partial charge in [-0.15, -0.1) is 0 Å². The van der Waals surface area contributed by atoms with E-state index in [4.69, 9.17) is 4.74 Å². The van der Waals surface area contributed by atoms with Crippen LogP contribution in [0.3, 0.4) is 0 Å². The molecule has 0 amide bonds. The first-order valence-corrected chi connectivity index (χ1v) is 5.42. The van der Waals surface area contributed by atoms with Crippen molar-refractivity contribution in [2.45, 2.75) is 6.42 Å². The lowest BCUT2D eigenvalue weighted by Crippen LogP contribution is -2.18. The molecule has 0 atom stereocenters. The first-order chi connectivity index (χ1) is 7.99. The van der Waals surface area contributed by atoms with Crippen LogP contribution in [0.4, 0.5) is 4.39 Å². The number of carbonyl (C=O) groups excluding carboxylic acids is 2. The summed E-state index contributed by atoms with van der Waals surface area (Å²) in [4.78, 5) is 22.3. The van der Waals surface area contributed by atoms with Gasteiger partial charge < -0.3 is 9.47 Å². The summed E-state index contributed by atoms with van der Waals surface area (Å²) in [5, 5.41) is 0. The van der Waals surface area contributed by atoms with E-state index < -0.39 is 24.0 Å². The average molecular weight is 305 g/mol. The highest BCUT2D eigenvalue weighted by atomic mass is 79.9. The average Bonchev–Trinajstić information content (AvgIpc) is 2.30. The van der Waals surface area contributed by atoms with Gasteiger partial charge in [-0.25, -0.2) is 9.18 Å². The summed E-state index contributed by atoms with van der Waals surface area (Å²) in [5.41, 5.74) is 0.0334. The van der Waals surface area contributed by atoms with Crippen molar-refractivity contribution >= 4 is 27.7 Å². The third-order valence-electron chi connectivity index (χ3n) is 2.09. The quantitative estimate of drug-likeness (QED) is 0.629. The number of halogens is 2. The number of rotatable bonds is 4. The van der Waals surface area contributed by atoms with Gasteiger partial charge in [0.15, 0.2) is 0 Å². The van der Waals surface area contributed by atoms with Gasteiger partial charge in [0.2, 0.25) is 5.78 Å². The van der Waals surface area contributed by atoms with E-state index in [2.05, 4.69) is 20.7 Å². The summed E-state index contributed by atoms with van der Waals surface area (Å²) in [6.07, 6.45) is -0.394. The van der Waals surface area contributed by atoms with Crippen LogP contribution in [0, 0.1) is 5.82 Å². The van der Waals surface area contributed by atoms with Gasteiger partial charge in [-0.1, -0.05) is 15.9 Å². The van der Waals surface area contributed by atoms with Gasteiger partial charge in [0.25, 0.3) is 0 Å². The fourth-order valence-electron chi connectivity index (χ4n) is 1.28. The monoisotopic (exact) mass is 304 g/mol. The minimum atomic E-state index is -1.01. The third kappa shape index (κ3) is 3.26. The maximum atomic E-state index is 13.6. The molecule has 0 aromatic heterocycles. The molecule has 0 aliphatic heterocycles. The predicted molar refractivity (Wildman–Crippen MR) is 61.4 cm³/mol. The molecule has 0 aliphatic rings. The van der Waals surface area contributed by atoms with Crippen LogP contribution in [-0.4, -0.2) is 26.0 Å². The molecule has 92 valence electrons. The maximum absolute atomic E-state index is 13.6. The molecule has 1 aromatic carbocycles. The Bertz CT molecular complexity index is 459. The van der Waals surface area contributed by atoms with Crippen LogP contribution >= 0.6 is 15.9 Å². The summed E-state index contributed by atoms with van der Waals surface area (Å²) in [6.45, 7) is 0. The number of benzene rings is 1. The largest absolute Gasteiger partial charge is 0.496 e. The van der Waals surface area contributed by atoms with Crippen LogP contribution in [-0.2, 0) is 20.7 Å². The predicted octanol–water partition coefficient (Wildman–Crippen LogP) is 1.88. The number of ether oxygens (including phenoxy) is 2. The third-order valence-corrected chi connectivity index (χ3v) is 2.55. The van der Waals surface area contributed by atoms with Crippen LogP contribution < -0.4 is 4.74 Å². The minimum Gasteiger partial charge on any atom is -0.496 e. The van der Waals surface area contributed by atoms with Gasteiger partial charge in [0.05, 0.1) is 14.2 Å². The zero-order valence-electron chi connectivity index (χ0n) is 9.25. The van der Waals surface area contributed by atoms with E-state index in [9.17, 15) is 14.0 Å². The molecule has 1 rings (SSSR count). The highest BCUT2D eigenvalue weighted by Crippen LogP contribution is 2.27. The Balaban J connectivity index is 3.05. The number of esters is 1. The lowest BCUT2D eigenvalue weighted by atomic mass is 10.1. The second kappa shape index (κ2) is 5.77. The van der Waals surface area contributed by atoms with Gasteiger partial charge in [-0.05, 0) is 12.1 Å². The summed E-state index contributed by atoms with van der Waals surface area (Å²) in [5.74, 6) is -2.25. The van der Waals surface area contributed by atoms with Crippen LogP contribution in [0.5, 0.6) is 5.75 Å². The summed E-state index contributed by atoms with van der Waals surface area (Å²) in [6, 6.07) is 2.71. The molecule has 1 aromatic rings. The van der Waals surface area contributed by atoms with Gasteiger partial charge in [-0.3, -0.25) is 4.79 Å². The second-order valence-corrected chi connectivity index (χ2v) is 4.08. The van der Waals surface area contributed by atoms with E-state index >= 15 is 0 Å². The van der Waals surface area contributed by atoms with Crippen LogP contribution in [0.15, 0.2) is 16.6 Å². The molecular formula is C11H10BrFO4. The Morgan fingerprint density at radius 2 is 2.00 bits per heavy atom. The lowest BCUT2D eigenvalue weighted by molar-refractivity contribution is -0.151. The molecule has 0 N–H and O–H groups in total. The summed E-state index contributed by atoms with van der Waals surface area (Å²) < 4.78 is 23.3. The van der Waals surface area contributed by atoms with Gasteiger partial charge in [0.1, 0.15) is 11.6 Å². The summed E-state index contributed by atoms with van der Waals surface area (Å²) >= 11 is 3.10. The Kier molecular flexibility index (Phi) is 4.62. The Labute approximate surface area is 106 Å². The summed E-state index contributed by atoms with van der Waals surface area (Å²) in [7, 11) is 2.45. The Morgan fingerprint density at radius 3 is 2.53 bits per heavy atom. The molecule has 0 saturated carbocycles. The van der Waals surface area contributed by atoms with Crippen molar-refractivity contribution in [3.8, 4) is 5.75 Å². The Hall–Kier alpha value is -1.43. The van der Waals surface area contributed by atoms with E-state index in [1.165, 1.54) is 19.2 Å². The minimum absolute atomic E-state index is 0.0334. The van der Waals surface area contributed by atoms with Gasteiger partial charge >= 0.3 is 5.97 Å². The van der Waals surface area contributed by atoms with Crippen molar-refractivity contribution in [3.05, 3.63) is 28.0 Å². The molecule has 0 spiro atoms. The second-order valence-electron chi connectivity index (χ2n) is 3.16. The normalized spacial score (nSPS) is 9.88. The number of ketones is 1. The van der Waals surface area contributed by atoms with Crippen LogP contribution in [0.25, 0.3) is 0 Å². The zero-order valence-corrected chi connectivity index (χ0v) is 10.8. The Morgan fingerprint density at radius 1 is 1.35 bits per heavy atom. The van der Waals surface area contributed by atoms with Crippen molar-refractivity contribution < 1.29 is 23.5 Å².